The van der Waals surface area contributed by atoms with Gasteiger partial charge in [0.25, 0.3) is 0 Å². The number of ether oxygens (including phenoxy) is 1. The predicted octanol–water partition coefficient (Wildman–Crippen LogP) is 3.09. The maximum Gasteiger partial charge on any atom is 0.323 e. The maximum atomic E-state index is 13.9. The second-order valence-corrected chi connectivity index (χ2v) is 7.60. The van der Waals surface area contributed by atoms with E-state index in [-0.39, 0.29) is 30.7 Å². The molecule has 1 heterocycles. The van der Waals surface area contributed by atoms with E-state index in [0.717, 1.165) is 22.2 Å². The standard InChI is InChI=1S/C23H23FN2O4/c1-30-17-4-2-3-14(9-17)10-22(27)25-16-6-8-21-19(12-16)18-11-15(24)5-7-20(18)26(21)13-23(28)29/h2-5,7,9,11,16H,6,8,10,12-13H2,1H3,(H,25,27)(H,28,29)/t16-/m1/s1. The van der Waals surface area contributed by atoms with Crippen LogP contribution in [-0.4, -0.2) is 34.7 Å². The zero-order valence-corrected chi connectivity index (χ0v) is 16.7. The summed E-state index contributed by atoms with van der Waals surface area (Å²) in [5.41, 5.74) is 3.41. The molecule has 0 saturated carbocycles. The Hall–Kier alpha value is -3.35. The molecule has 3 aromatic rings. The van der Waals surface area contributed by atoms with Crippen molar-refractivity contribution in [3.63, 3.8) is 0 Å². The molecule has 0 radical (unpaired) electrons. The summed E-state index contributed by atoms with van der Waals surface area (Å²) in [7, 11) is 1.59. The molecule has 2 aromatic carbocycles. The molecular weight excluding hydrogens is 387 g/mol. The number of carbonyl (C=O) groups is 2. The van der Waals surface area contributed by atoms with Crippen LogP contribution in [0.3, 0.4) is 0 Å². The smallest absolute Gasteiger partial charge is 0.323 e. The number of fused-ring (bicyclic) bond motifs is 3. The fourth-order valence-electron chi connectivity index (χ4n) is 4.31. The third kappa shape index (κ3) is 4.01. The molecule has 0 spiro atoms. The highest BCUT2D eigenvalue weighted by Gasteiger charge is 2.27. The molecule has 1 aromatic heterocycles. The number of nitrogens with one attached hydrogen (secondary N) is 1. The summed E-state index contributed by atoms with van der Waals surface area (Å²) in [4.78, 5) is 23.9. The van der Waals surface area contributed by atoms with Crippen molar-refractivity contribution < 1.29 is 23.8 Å². The molecule has 2 N–H and O–H groups in total. The van der Waals surface area contributed by atoms with Gasteiger partial charge in [0.05, 0.1) is 13.5 Å². The Labute approximate surface area is 173 Å². The van der Waals surface area contributed by atoms with Gasteiger partial charge in [-0.2, -0.15) is 0 Å². The van der Waals surface area contributed by atoms with Crippen LogP contribution < -0.4 is 10.1 Å². The minimum atomic E-state index is -0.937. The lowest BCUT2D eigenvalue weighted by molar-refractivity contribution is -0.137. The fourth-order valence-corrected chi connectivity index (χ4v) is 4.31. The monoisotopic (exact) mass is 410 g/mol. The SMILES string of the molecule is COc1cccc(CC(=O)N[C@@H]2CCc3c(c4cc(F)ccc4n3CC(=O)O)C2)c1. The highest BCUT2D eigenvalue weighted by Crippen LogP contribution is 2.33. The quantitative estimate of drug-likeness (QED) is 0.655. The van der Waals surface area contributed by atoms with Crippen LogP contribution >= 0.6 is 0 Å². The average molecular weight is 410 g/mol. The number of carbonyl (C=O) groups excluding carboxylic acids is 1. The number of methoxy groups -OCH3 is 1. The Kier molecular flexibility index (Phi) is 5.44. The second kappa shape index (κ2) is 8.18. The van der Waals surface area contributed by atoms with Gasteiger partial charge in [0.1, 0.15) is 18.1 Å². The lowest BCUT2D eigenvalue weighted by atomic mass is 9.91. The van der Waals surface area contributed by atoms with Gasteiger partial charge in [0.2, 0.25) is 5.91 Å². The fraction of sp³-hybridized carbons (Fsp3) is 0.304. The van der Waals surface area contributed by atoms with Crippen molar-refractivity contribution in [1.82, 2.24) is 9.88 Å². The molecule has 1 amide bonds. The van der Waals surface area contributed by atoms with E-state index in [0.29, 0.717) is 30.5 Å². The molecule has 0 fully saturated rings. The molecule has 7 heteroatoms. The molecule has 0 unspecified atom stereocenters. The first-order valence-corrected chi connectivity index (χ1v) is 9.88. The van der Waals surface area contributed by atoms with Crippen LogP contribution in [-0.2, 0) is 35.4 Å². The number of rotatable bonds is 6. The highest BCUT2D eigenvalue weighted by atomic mass is 19.1. The number of amides is 1. The minimum Gasteiger partial charge on any atom is -0.497 e. The number of hydrogen-bond acceptors (Lipinski definition) is 3. The van der Waals surface area contributed by atoms with Gasteiger partial charge in [-0.1, -0.05) is 12.1 Å². The summed E-state index contributed by atoms with van der Waals surface area (Å²) in [5.74, 6) is -0.678. The number of benzene rings is 2. The summed E-state index contributed by atoms with van der Waals surface area (Å²) < 4.78 is 20.8. The third-order valence-corrected chi connectivity index (χ3v) is 5.59. The Balaban J connectivity index is 1.54. The number of aromatic nitrogens is 1. The van der Waals surface area contributed by atoms with Crippen molar-refractivity contribution in [2.24, 2.45) is 0 Å². The largest absolute Gasteiger partial charge is 0.497 e. The van der Waals surface area contributed by atoms with E-state index >= 15 is 0 Å². The van der Waals surface area contributed by atoms with E-state index in [9.17, 15) is 19.1 Å². The number of hydrogen-bond donors (Lipinski definition) is 2. The van der Waals surface area contributed by atoms with Crippen LogP contribution in [0.4, 0.5) is 4.39 Å². The Morgan fingerprint density at radius 3 is 2.87 bits per heavy atom. The van der Waals surface area contributed by atoms with E-state index < -0.39 is 5.97 Å². The van der Waals surface area contributed by atoms with E-state index in [1.165, 1.54) is 12.1 Å². The Morgan fingerprint density at radius 1 is 1.27 bits per heavy atom. The van der Waals surface area contributed by atoms with Gasteiger partial charge in [-0.25, -0.2) is 4.39 Å². The summed E-state index contributed by atoms with van der Waals surface area (Å²) >= 11 is 0. The zero-order chi connectivity index (χ0) is 21.3. The van der Waals surface area contributed by atoms with Crippen molar-refractivity contribution >= 4 is 22.8 Å². The minimum absolute atomic E-state index is 0.0808. The third-order valence-electron chi connectivity index (χ3n) is 5.59. The maximum absolute atomic E-state index is 13.9. The van der Waals surface area contributed by atoms with Crippen molar-refractivity contribution in [3.05, 3.63) is 65.1 Å². The highest BCUT2D eigenvalue weighted by molar-refractivity contribution is 5.87. The molecule has 156 valence electrons. The van der Waals surface area contributed by atoms with Crippen molar-refractivity contribution in [2.75, 3.05) is 7.11 Å². The van der Waals surface area contributed by atoms with Gasteiger partial charge in [0.15, 0.2) is 0 Å². The van der Waals surface area contributed by atoms with Crippen LogP contribution in [0.1, 0.15) is 23.2 Å². The summed E-state index contributed by atoms with van der Waals surface area (Å²) in [6.07, 6.45) is 2.13. The van der Waals surface area contributed by atoms with Crippen molar-refractivity contribution in [3.8, 4) is 5.75 Å². The van der Waals surface area contributed by atoms with Crippen LogP contribution in [0.15, 0.2) is 42.5 Å². The van der Waals surface area contributed by atoms with Gasteiger partial charge in [-0.05, 0) is 60.7 Å². The van der Waals surface area contributed by atoms with Crippen molar-refractivity contribution in [2.45, 2.75) is 38.3 Å². The molecule has 0 aliphatic heterocycles. The lowest BCUT2D eigenvalue weighted by Crippen LogP contribution is -2.39. The molecule has 4 rings (SSSR count). The normalized spacial score (nSPS) is 15.6. The number of aliphatic carboxylic acids is 1. The van der Waals surface area contributed by atoms with E-state index in [1.807, 2.05) is 24.3 Å². The molecule has 1 aliphatic rings. The number of carboxylic acid groups (broad SMARTS) is 1. The van der Waals surface area contributed by atoms with Crippen LogP contribution in [0, 0.1) is 5.82 Å². The molecule has 1 aliphatic carbocycles. The first-order chi connectivity index (χ1) is 14.4. The van der Waals surface area contributed by atoms with E-state index in [1.54, 1.807) is 17.7 Å². The molecular formula is C23H23FN2O4. The van der Waals surface area contributed by atoms with Gasteiger partial charge >= 0.3 is 5.97 Å². The van der Waals surface area contributed by atoms with Crippen molar-refractivity contribution in [1.29, 1.82) is 0 Å². The summed E-state index contributed by atoms with van der Waals surface area (Å²) in [6, 6.07) is 11.7. The first kappa shape index (κ1) is 19.9. The molecule has 0 bridgehead atoms. The van der Waals surface area contributed by atoms with E-state index in [4.69, 9.17) is 4.74 Å². The molecule has 6 nitrogen and oxygen atoms in total. The number of nitrogens with zero attached hydrogens (tertiary/aromatic N) is 1. The summed E-state index contributed by atoms with van der Waals surface area (Å²) in [6.45, 7) is -0.162. The number of halogens is 1. The van der Waals surface area contributed by atoms with Crippen LogP contribution in [0.25, 0.3) is 10.9 Å². The summed E-state index contributed by atoms with van der Waals surface area (Å²) in [5, 5.41) is 13.1. The van der Waals surface area contributed by atoms with Gasteiger partial charge in [-0.15, -0.1) is 0 Å². The van der Waals surface area contributed by atoms with Crippen LogP contribution in [0.2, 0.25) is 0 Å². The lowest BCUT2D eigenvalue weighted by Gasteiger charge is -2.25. The predicted molar refractivity (Wildman–Crippen MR) is 110 cm³/mol. The Bertz CT molecular complexity index is 1120. The van der Waals surface area contributed by atoms with E-state index in [2.05, 4.69) is 5.32 Å². The van der Waals surface area contributed by atoms with Gasteiger partial charge in [-0.3, -0.25) is 9.59 Å². The van der Waals surface area contributed by atoms with Gasteiger partial charge in [0, 0.05) is 22.6 Å². The molecule has 30 heavy (non-hydrogen) atoms. The Morgan fingerprint density at radius 2 is 2.10 bits per heavy atom. The average Bonchev–Trinajstić information content (AvgIpc) is 3.00. The molecule has 1 atom stereocenters. The second-order valence-electron chi connectivity index (χ2n) is 7.60. The first-order valence-electron chi connectivity index (χ1n) is 9.88. The molecule has 0 saturated heterocycles. The zero-order valence-electron chi connectivity index (χ0n) is 16.7. The topological polar surface area (TPSA) is 80.6 Å². The van der Waals surface area contributed by atoms with Crippen LogP contribution in [0.5, 0.6) is 5.75 Å². The number of carboxylic acids is 1. The van der Waals surface area contributed by atoms with Gasteiger partial charge < -0.3 is 19.7 Å².